The van der Waals surface area contributed by atoms with E-state index >= 15 is 0 Å². The molecule has 0 spiro atoms. The number of carbonyl (C=O) groups is 2. The van der Waals surface area contributed by atoms with Gasteiger partial charge in [0.05, 0.1) is 5.56 Å². The molecule has 0 radical (unpaired) electrons. The number of nitrogens with two attached hydrogens (primary N) is 1. The summed E-state index contributed by atoms with van der Waals surface area (Å²) in [5.74, 6) is -1.06. The maximum atomic E-state index is 10.8. The van der Waals surface area contributed by atoms with Crippen molar-refractivity contribution in [2.75, 3.05) is 5.32 Å². The van der Waals surface area contributed by atoms with E-state index < -0.39 is 17.4 Å². The van der Waals surface area contributed by atoms with E-state index in [9.17, 15) is 9.59 Å². The van der Waals surface area contributed by atoms with E-state index in [1.165, 1.54) is 18.3 Å². The SMILES string of the molecule is CC(C)(CC(N)=O)Nc1cc(C(=O)O)ccn1. The third kappa shape index (κ3) is 4.10. The van der Waals surface area contributed by atoms with Crippen LogP contribution in [-0.2, 0) is 4.79 Å². The first-order valence-electron chi connectivity index (χ1n) is 5.06. The molecule has 0 saturated carbocycles. The molecule has 6 heteroatoms. The van der Waals surface area contributed by atoms with Gasteiger partial charge < -0.3 is 16.2 Å². The quantitative estimate of drug-likeness (QED) is 0.703. The average Bonchev–Trinajstić information content (AvgIpc) is 2.14. The molecule has 92 valence electrons. The lowest BCUT2D eigenvalue weighted by atomic mass is 10.0. The summed E-state index contributed by atoms with van der Waals surface area (Å²) < 4.78 is 0. The minimum atomic E-state index is -1.02. The number of aromatic nitrogens is 1. The lowest BCUT2D eigenvalue weighted by Crippen LogP contribution is -2.36. The molecule has 1 rings (SSSR count). The third-order valence-electron chi connectivity index (χ3n) is 2.09. The van der Waals surface area contributed by atoms with Crippen molar-refractivity contribution < 1.29 is 14.7 Å². The summed E-state index contributed by atoms with van der Waals surface area (Å²) in [4.78, 5) is 25.6. The lowest BCUT2D eigenvalue weighted by Gasteiger charge is -2.25. The topological polar surface area (TPSA) is 105 Å². The predicted molar refractivity (Wildman–Crippen MR) is 62.7 cm³/mol. The maximum absolute atomic E-state index is 10.8. The molecular formula is C11H15N3O3. The molecule has 0 saturated heterocycles. The fraction of sp³-hybridized carbons (Fsp3) is 0.364. The largest absolute Gasteiger partial charge is 0.478 e. The Bertz CT molecular complexity index is 443. The Morgan fingerprint density at radius 3 is 2.71 bits per heavy atom. The summed E-state index contributed by atoms with van der Waals surface area (Å²) >= 11 is 0. The van der Waals surface area contributed by atoms with Gasteiger partial charge in [0.15, 0.2) is 0 Å². The molecule has 0 aliphatic rings. The number of amides is 1. The maximum Gasteiger partial charge on any atom is 0.335 e. The molecule has 1 aromatic rings. The summed E-state index contributed by atoms with van der Waals surface area (Å²) in [6.07, 6.45) is 1.53. The van der Waals surface area contributed by atoms with Crippen LogP contribution in [0.25, 0.3) is 0 Å². The van der Waals surface area contributed by atoms with Crippen molar-refractivity contribution >= 4 is 17.7 Å². The fourth-order valence-corrected chi connectivity index (χ4v) is 1.46. The van der Waals surface area contributed by atoms with Crippen molar-refractivity contribution in [1.82, 2.24) is 4.98 Å². The molecule has 0 bridgehead atoms. The van der Waals surface area contributed by atoms with Crippen LogP contribution in [0.2, 0.25) is 0 Å². The molecule has 4 N–H and O–H groups in total. The number of aromatic carboxylic acids is 1. The smallest absolute Gasteiger partial charge is 0.335 e. The molecule has 0 atom stereocenters. The van der Waals surface area contributed by atoms with E-state index in [2.05, 4.69) is 10.3 Å². The van der Waals surface area contributed by atoms with Gasteiger partial charge in [-0.3, -0.25) is 4.79 Å². The Morgan fingerprint density at radius 2 is 2.18 bits per heavy atom. The number of primary amides is 1. The number of hydrogen-bond acceptors (Lipinski definition) is 4. The van der Waals surface area contributed by atoms with E-state index in [-0.39, 0.29) is 12.0 Å². The summed E-state index contributed by atoms with van der Waals surface area (Å²) in [5, 5.41) is 11.8. The normalized spacial score (nSPS) is 10.9. The summed E-state index contributed by atoms with van der Waals surface area (Å²) in [6.45, 7) is 3.57. The van der Waals surface area contributed by atoms with Crippen LogP contribution in [0.3, 0.4) is 0 Å². The van der Waals surface area contributed by atoms with E-state index in [1.54, 1.807) is 13.8 Å². The van der Waals surface area contributed by atoms with Crippen molar-refractivity contribution in [3.63, 3.8) is 0 Å². The monoisotopic (exact) mass is 237 g/mol. The van der Waals surface area contributed by atoms with Crippen LogP contribution < -0.4 is 11.1 Å². The number of nitrogens with one attached hydrogen (secondary N) is 1. The number of nitrogens with zero attached hydrogens (tertiary/aromatic N) is 1. The van der Waals surface area contributed by atoms with Gasteiger partial charge in [0.1, 0.15) is 5.82 Å². The van der Waals surface area contributed by atoms with Gasteiger partial charge in [0.2, 0.25) is 5.91 Å². The number of anilines is 1. The highest BCUT2D eigenvalue weighted by atomic mass is 16.4. The molecular weight excluding hydrogens is 222 g/mol. The molecule has 6 nitrogen and oxygen atoms in total. The lowest BCUT2D eigenvalue weighted by molar-refractivity contribution is -0.118. The second-order valence-electron chi connectivity index (χ2n) is 4.39. The minimum Gasteiger partial charge on any atom is -0.478 e. The highest BCUT2D eigenvalue weighted by Gasteiger charge is 2.21. The zero-order valence-corrected chi connectivity index (χ0v) is 9.73. The van der Waals surface area contributed by atoms with Gasteiger partial charge in [-0.1, -0.05) is 0 Å². The molecule has 17 heavy (non-hydrogen) atoms. The summed E-state index contributed by atoms with van der Waals surface area (Å²) in [5.41, 5.74) is 4.68. The minimum absolute atomic E-state index is 0.131. The Morgan fingerprint density at radius 1 is 1.53 bits per heavy atom. The number of pyridine rings is 1. The van der Waals surface area contributed by atoms with Gasteiger partial charge in [-0.15, -0.1) is 0 Å². The van der Waals surface area contributed by atoms with Crippen LogP contribution in [0, 0.1) is 0 Å². The Balaban J connectivity index is 2.84. The molecule has 0 unspecified atom stereocenters. The van der Waals surface area contributed by atoms with Crippen LogP contribution in [0.4, 0.5) is 5.82 Å². The van der Waals surface area contributed by atoms with Crippen molar-refractivity contribution in [1.29, 1.82) is 0 Å². The number of carboxylic acid groups (broad SMARTS) is 1. The first kappa shape index (κ1) is 13.0. The van der Waals surface area contributed by atoms with Crippen LogP contribution in [0.5, 0.6) is 0 Å². The van der Waals surface area contributed by atoms with Crippen LogP contribution in [-0.4, -0.2) is 27.5 Å². The Kier molecular flexibility index (Phi) is 3.67. The van der Waals surface area contributed by atoms with E-state index in [1.807, 2.05) is 0 Å². The average molecular weight is 237 g/mol. The highest BCUT2D eigenvalue weighted by molar-refractivity contribution is 5.88. The zero-order valence-electron chi connectivity index (χ0n) is 9.73. The van der Waals surface area contributed by atoms with E-state index in [4.69, 9.17) is 10.8 Å². The summed E-state index contributed by atoms with van der Waals surface area (Å²) in [6, 6.07) is 2.81. The van der Waals surface area contributed by atoms with Gasteiger partial charge in [-0.2, -0.15) is 0 Å². The molecule has 0 aliphatic carbocycles. The van der Waals surface area contributed by atoms with Crippen molar-refractivity contribution in [3.05, 3.63) is 23.9 Å². The second kappa shape index (κ2) is 4.82. The molecule has 1 aromatic heterocycles. The predicted octanol–water partition coefficient (Wildman–Crippen LogP) is 0.846. The van der Waals surface area contributed by atoms with Gasteiger partial charge in [-0.05, 0) is 26.0 Å². The van der Waals surface area contributed by atoms with Crippen LogP contribution in [0.15, 0.2) is 18.3 Å². The second-order valence-corrected chi connectivity index (χ2v) is 4.39. The highest BCUT2D eigenvalue weighted by Crippen LogP contribution is 2.16. The van der Waals surface area contributed by atoms with Gasteiger partial charge in [0, 0.05) is 18.2 Å². The Labute approximate surface area is 98.8 Å². The third-order valence-corrected chi connectivity index (χ3v) is 2.09. The van der Waals surface area contributed by atoms with Gasteiger partial charge in [0.25, 0.3) is 0 Å². The van der Waals surface area contributed by atoms with Crippen LogP contribution in [0.1, 0.15) is 30.6 Å². The van der Waals surface area contributed by atoms with Gasteiger partial charge in [-0.25, -0.2) is 9.78 Å². The van der Waals surface area contributed by atoms with E-state index in [0.717, 1.165) is 0 Å². The van der Waals surface area contributed by atoms with Gasteiger partial charge >= 0.3 is 5.97 Å². The molecule has 0 aromatic carbocycles. The molecule has 1 amide bonds. The summed E-state index contributed by atoms with van der Waals surface area (Å²) in [7, 11) is 0. The number of rotatable bonds is 5. The fourth-order valence-electron chi connectivity index (χ4n) is 1.46. The first-order valence-corrected chi connectivity index (χ1v) is 5.06. The standard InChI is InChI=1S/C11H15N3O3/c1-11(2,6-8(12)15)14-9-5-7(10(16)17)3-4-13-9/h3-5H,6H2,1-2H3,(H2,12,15)(H,13,14)(H,16,17). The molecule has 0 fully saturated rings. The number of carboxylic acids is 1. The number of hydrogen-bond donors (Lipinski definition) is 3. The van der Waals surface area contributed by atoms with Crippen molar-refractivity contribution in [2.24, 2.45) is 5.73 Å². The molecule has 0 aliphatic heterocycles. The first-order chi connectivity index (χ1) is 7.80. The Hall–Kier alpha value is -2.11. The zero-order chi connectivity index (χ0) is 13.1. The van der Waals surface area contributed by atoms with E-state index in [0.29, 0.717) is 5.82 Å². The number of carbonyl (C=O) groups excluding carboxylic acids is 1. The molecule has 1 heterocycles. The van der Waals surface area contributed by atoms with Crippen LogP contribution >= 0.6 is 0 Å². The van der Waals surface area contributed by atoms with Crippen molar-refractivity contribution in [3.8, 4) is 0 Å². The van der Waals surface area contributed by atoms with Crippen molar-refractivity contribution in [2.45, 2.75) is 25.8 Å².